The van der Waals surface area contributed by atoms with Crippen molar-refractivity contribution in [1.82, 2.24) is 10.4 Å². The summed E-state index contributed by atoms with van der Waals surface area (Å²) in [4.78, 5) is 10.5. The van der Waals surface area contributed by atoms with Gasteiger partial charge in [-0.3, -0.25) is 4.79 Å². The minimum atomic E-state index is -0.749. The van der Waals surface area contributed by atoms with E-state index < -0.39 is 5.97 Å². The molecule has 0 aromatic heterocycles. The topological polar surface area (TPSA) is 52.6 Å². The molecule has 0 aromatic carbocycles. The van der Waals surface area contributed by atoms with Crippen molar-refractivity contribution in [2.24, 2.45) is 5.92 Å². The number of nitrogens with one attached hydrogen (secondary N) is 1. The lowest BCUT2D eigenvalue weighted by molar-refractivity contribution is -0.139. The van der Waals surface area contributed by atoms with E-state index in [-0.39, 0.29) is 6.04 Å². The van der Waals surface area contributed by atoms with Crippen LogP contribution in [0.2, 0.25) is 0 Å². The van der Waals surface area contributed by atoms with Gasteiger partial charge in [-0.1, -0.05) is 13.8 Å². The molecule has 0 radical (unpaired) electrons. The molecule has 1 saturated heterocycles. The number of aliphatic carboxylic acids is 1. The van der Waals surface area contributed by atoms with E-state index >= 15 is 0 Å². The Morgan fingerprint density at radius 1 is 1.75 bits per heavy atom. The fraction of sp³-hybridized carbons (Fsp3) is 0.875. The van der Waals surface area contributed by atoms with Crippen LogP contribution < -0.4 is 5.43 Å². The Morgan fingerprint density at radius 3 is 2.83 bits per heavy atom. The summed E-state index contributed by atoms with van der Waals surface area (Å²) in [6, 6.07) is -0.372. The van der Waals surface area contributed by atoms with Crippen LogP contribution in [0.15, 0.2) is 0 Å². The first-order chi connectivity index (χ1) is 5.59. The van der Waals surface area contributed by atoms with E-state index in [9.17, 15) is 4.79 Å². The largest absolute Gasteiger partial charge is 0.480 e. The first kappa shape index (κ1) is 9.48. The quantitative estimate of drug-likeness (QED) is 0.643. The van der Waals surface area contributed by atoms with E-state index in [0.29, 0.717) is 12.3 Å². The van der Waals surface area contributed by atoms with Gasteiger partial charge < -0.3 is 5.11 Å². The Kier molecular flexibility index (Phi) is 3.05. The molecule has 2 N–H and O–H groups in total. The predicted molar refractivity (Wildman–Crippen MR) is 45.6 cm³/mol. The van der Waals surface area contributed by atoms with E-state index in [2.05, 4.69) is 19.3 Å². The molecule has 4 nitrogen and oxygen atoms in total. The number of hydrogen-bond acceptors (Lipinski definition) is 3. The molecule has 1 aliphatic rings. The zero-order chi connectivity index (χ0) is 9.14. The van der Waals surface area contributed by atoms with Crippen molar-refractivity contribution in [2.45, 2.75) is 26.3 Å². The number of carbonyl (C=O) groups is 1. The van der Waals surface area contributed by atoms with Crippen LogP contribution in [0, 0.1) is 5.92 Å². The standard InChI is InChI=1S/C8H16N2O2/c1-6(2)5-10-4-3-7(9-10)8(11)12/h6-7,9H,3-5H2,1-2H3,(H,11,12). The lowest BCUT2D eigenvalue weighted by Crippen LogP contribution is -2.41. The van der Waals surface area contributed by atoms with Crippen LogP contribution in [0.1, 0.15) is 20.3 Å². The van der Waals surface area contributed by atoms with Crippen molar-refractivity contribution in [3.05, 3.63) is 0 Å². The molecule has 4 heteroatoms. The van der Waals surface area contributed by atoms with Gasteiger partial charge in [0.05, 0.1) is 0 Å². The Labute approximate surface area is 72.5 Å². The molecule has 1 atom stereocenters. The van der Waals surface area contributed by atoms with Crippen molar-refractivity contribution in [3.8, 4) is 0 Å². The average molecular weight is 172 g/mol. The molecule has 1 fully saturated rings. The van der Waals surface area contributed by atoms with Gasteiger partial charge in [-0.15, -0.1) is 0 Å². The van der Waals surface area contributed by atoms with Crippen molar-refractivity contribution in [3.63, 3.8) is 0 Å². The van der Waals surface area contributed by atoms with Crippen LogP contribution in [0.3, 0.4) is 0 Å². The van der Waals surface area contributed by atoms with Crippen LogP contribution in [0.25, 0.3) is 0 Å². The normalized spacial score (nSPS) is 25.1. The first-order valence-corrected chi connectivity index (χ1v) is 4.33. The lowest BCUT2D eigenvalue weighted by atomic mass is 10.2. The first-order valence-electron chi connectivity index (χ1n) is 4.33. The highest BCUT2D eigenvalue weighted by Crippen LogP contribution is 2.07. The molecule has 0 bridgehead atoms. The van der Waals surface area contributed by atoms with Gasteiger partial charge in [0, 0.05) is 13.1 Å². The molecule has 1 unspecified atom stereocenters. The van der Waals surface area contributed by atoms with Crippen molar-refractivity contribution in [1.29, 1.82) is 0 Å². The molecule has 12 heavy (non-hydrogen) atoms. The number of hydrogen-bond donors (Lipinski definition) is 2. The second kappa shape index (κ2) is 3.87. The van der Waals surface area contributed by atoms with E-state index in [0.717, 1.165) is 13.1 Å². The zero-order valence-corrected chi connectivity index (χ0v) is 7.58. The fourth-order valence-corrected chi connectivity index (χ4v) is 1.40. The minimum Gasteiger partial charge on any atom is -0.480 e. The van der Waals surface area contributed by atoms with Gasteiger partial charge in [0.25, 0.3) is 0 Å². The third-order valence-corrected chi connectivity index (χ3v) is 1.91. The van der Waals surface area contributed by atoms with Crippen LogP contribution in [0.5, 0.6) is 0 Å². The number of carboxylic acids is 1. The summed E-state index contributed by atoms with van der Waals surface area (Å²) >= 11 is 0. The molecule has 1 rings (SSSR count). The molecule has 70 valence electrons. The molecule has 0 spiro atoms. The van der Waals surface area contributed by atoms with Gasteiger partial charge >= 0.3 is 5.97 Å². The van der Waals surface area contributed by atoms with Gasteiger partial charge in [0.2, 0.25) is 0 Å². The van der Waals surface area contributed by atoms with Gasteiger partial charge in [-0.25, -0.2) is 10.4 Å². The molecule has 0 amide bonds. The predicted octanol–water partition coefficient (Wildman–Crippen LogP) is 0.306. The summed E-state index contributed by atoms with van der Waals surface area (Å²) in [5.41, 5.74) is 2.96. The summed E-state index contributed by atoms with van der Waals surface area (Å²) in [5.74, 6) is -0.175. The molecule has 0 aromatic rings. The van der Waals surface area contributed by atoms with Crippen LogP contribution >= 0.6 is 0 Å². The van der Waals surface area contributed by atoms with Crippen LogP contribution in [0.4, 0.5) is 0 Å². The number of hydrazine groups is 1. The van der Waals surface area contributed by atoms with Crippen molar-refractivity contribution >= 4 is 5.97 Å². The summed E-state index contributed by atoms with van der Waals surface area (Å²) < 4.78 is 0. The molecule has 1 aliphatic heterocycles. The number of carboxylic acid groups (broad SMARTS) is 1. The number of rotatable bonds is 3. The smallest absolute Gasteiger partial charge is 0.322 e. The maximum Gasteiger partial charge on any atom is 0.322 e. The third kappa shape index (κ3) is 2.46. The Hall–Kier alpha value is -0.610. The maximum atomic E-state index is 10.5. The summed E-state index contributed by atoms with van der Waals surface area (Å²) in [7, 11) is 0. The number of nitrogens with zero attached hydrogens (tertiary/aromatic N) is 1. The Balaban J connectivity index is 2.30. The highest BCUT2D eigenvalue weighted by Gasteiger charge is 2.26. The van der Waals surface area contributed by atoms with E-state index in [1.54, 1.807) is 0 Å². The van der Waals surface area contributed by atoms with Crippen LogP contribution in [-0.2, 0) is 4.79 Å². The second-order valence-corrected chi connectivity index (χ2v) is 3.65. The monoisotopic (exact) mass is 172 g/mol. The summed E-state index contributed by atoms with van der Waals surface area (Å²) in [6.07, 6.45) is 0.710. The highest BCUT2D eigenvalue weighted by molar-refractivity contribution is 5.73. The van der Waals surface area contributed by atoms with E-state index in [1.807, 2.05) is 5.01 Å². The minimum absolute atomic E-state index is 0.372. The molecule has 1 heterocycles. The fourth-order valence-electron chi connectivity index (χ4n) is 1.40. The molecule has 0 saturated carbocycles. The lowest BCUT2D eigenvalue weighted by Gasteiger charge is -2.18. The van der Waals surface area contributed by atoms with Gasteiger partial charge in [-0.05, 0) is 12.3 Å². The molecule has 0 aliphatic carbocycles. The highest BCUT2D eigenvalue weighted by atomic mass is 16.4. The van der Waals surface area contributed by atoms with Gasteiger partial charge in [0.1, 0.15) is 6.04 Å². The Morgan fingerprint density at radius 2 is 2.42 bits per heavy atom. The Bertz CT molecular complexity index is 170. The summed E-state index contributed by atoms with van der Waals surface area (Å²) in [5, 5.41) is 10.7. The second-order valence-electron chi connectivity index (χ2n) is 3.65. The van der Waals surface area contributed by atoms with Crippen molar-refractivity contribution < 1.29 is 9.90 Å². The zero-order valence-electron chi connectivity index (χ0n) is 7.58. The van der Waals surface area contributed by atoms with Gasteiger partial charge in [0.15, 0.2) is 0 Å². The van der Waals surface area contributed by atoms with Crippen LogP contribution in [-0.4, -0.2) is 35.2 Å². The maximum absolute atomic E-state index is 10.5. The molecular formula is C8H16N2O2. The summed E-state index contributed by atoms with van der Waals surface area (Å²) in [6.45, 7) is 6.00. The van der Waals surface area contributed by atoms with E-state index in [1.165, 1.54) is 0 Å². The van der Waals surface area contributed by atoms with Gasteiger partial charge in [-0.2, -0.15) is 0 Å². The SMILES string of the molecule is CC(C)CN1CCC(C(=O)O)N1. The van der Waals surface area contributed by atoms with E-state index in [4.69, 9.17) is 5.11 Å². The molecular weight excluding hydrogens is 156 g/mol. The van der Waals surface area contributed by atoms with Crippen molar-refractivity contribution in [2.75, 3.05) is 13.1 Å². The average Bonchev–Trinajstić information content (AvgIpc) is 2.34. The third-order valence-electron chi connectivity index (χ3n) is 1.91.